The summed E-state index contributed by atoms with van der Waals surface area (Å²) in [5.41, 5.74) is 6.61. The molecule has 2 heterocycles. The minimum Gasteiger partial charge on any atom is -0.456 e. The number of furan rings is 1. The van der Waals surface area contributed by atoms with Gasteiger partial charge in [-0.1, -0.05) is 12.1 Å². The maximum atomic E-state index is 12.2. The Morgan fingerprint density at radius 1 is 1.28 bits per heavy atom. The van der Waals surface area contributed by atoms with E-state index in [1.807, 2.05) is 24.3 Å². The first kappa shape index (κ1) is 10.6. The monoisotopic (exact) mass is 241 g/mol. The van der Waals surface area contributed by atoms with Crippen LogP contribution >= 0.6 is 0 Å². The second-order valence-corrected chi connectivity index (χ2v) is 4.03. The SMILES string of the molecule is Cc1ccc(C(=O)n2nc3ccccc3c2N)o1. The number of fused-ring (bicyclic) bond motifs is 1. The smallest absolute Gasteiger partial charge is 0.315 e. The zero-order valence-electron chi connectivity index (χ0n) is 9.75. The van der Waals surface area contributed by atoms with Crippen molar-refractivity contribution in [2.75, 3.05) is 5.73 Å². The summed E-state index contributed by atoms with van der Waals surface area (Å²) >= 11 is 0. The summed E-state index contributed by atoms with van der Waals surface area (Å²) in [4.78, 5) is 12.2. The molecule has 0 saturated carbocycles. The average molecular weight is 241 g/mol. The summed E-state index contributed by atoms with van der Waals surface area (Å²) in [5.74, 6) is 0.863. The average Bonchev–Trinajstić information content (AvgIpc) is 2.94. The van der Waals surface area contributed by atoms with E-state index in [1.165, 1.54) is 4.68 Å². The molecule has 0 unspecified atom stereocenters. The van der Waals surface area contributed by atoms with Gasteiger partial charge in [0.1, 0.15) is 11.6 Å². The first-order valence-electron chi connectivity index (χ1n) is 5.51. The molecule has 0 bridgehead atoms. The van der Waals surface area contributed by atoms with Crippen LogP contribution in [0.25, 0.3) is 10.9 Å². The predicted octanol–water partition coefficient (Wildman–Crippen LogP) is 2.21. The number of aryl methyl sites for hydroxylation is 1. The molecule has 90 valence electrons. The Hall–Kier alpha value is -2.56. The molecule has 0 amide bonds. The summed E-state index contributed by atoms with van der Waals surface area (Å²) < 4.78 is 6.45. The summed E-state index contributed by atoms with van der Waals surface area (Å²) in [5, 5.41) is 4.94. The highest BCUT2D eigenvalue weighted by Gasteiger charge is 2.18. The molecule has 3 aromatic rings. The van der Waals surface area contributed by atoms with E-state index in [1.54, 1.807) is 19.1 Å². The lowest BCUT2D eigenvalue weighted by atomic mass is 10.2. The Balaban J connectivity index is 2.14. The van der Waals surface area contributed by atoms with Gasteiger partial charge in [-0.05, 0) is 31.2 Å². The van der Waals surface area contributed by atoms with Crippen LogP contribution in [-0.2, 0) is 0 Å². The van der Waals surface area contributed by atoms with Crippen LogP contribution in [0.15, 0.2) is 40.8 Å². The van der Waals surface area contributed by atoms with Gasteiger partial charge in [0.25, 0.3) is 0 Å². The van der Waals surface area contributed by atoms with E-state index in [0.717, 1.165) is 5.39 Å². The number of carbonyl (C=O) groups excluding carboxylic acids is 1. The summed E-state index contributed by atoms with van der Waals surface area (Å²) in [6, 6.07) is 10.7. The first-order valence-corrected chi connectivity index (χ1v) is 5.51. The van der Waals surface area contributed by atoms with Crippen LogP contribution in [0, 0.1) is 6.92 Å². The minimum absolute atomic E-state index is 0.229. The van der Waals surface area contributed by atoms with Crippen LogP contribution in [0.2, 0.25) is 0 Å². The van der Waals surface area contributed by atoms with Crippen LogP contribution in [0.1, 0.15) is 16.3 Å². The number of nitrogen functional groups attached to an aromatic ring is 1. The number of nitrogens with zero attached hydrogens (tertiary/aromatic N) is 2. The molecule has 0 spiro atoms. The van der Waals surface area contributed by atoms with Gasteiger partial charge in [-0.25, -0.2) is 0 Å². The zero-order chi connectivity index (χ0) is 12.7. The second kappa shape index (κ2) is 3.73. The van der Waals surface area contributed by atoms with E-state index in [-0.39, 0.29) is 11.7 Å². The van der Waals surface area contributed by atoms with Crippen molar-refractivity contribution in [1.29, 1.82) is 0 Å². The quantitative estimate of drug-likeness (QED) is 0.708. The molecule has 0 aliphatic rings. The van der Waals surface area contributed by atoms with Gasteiger partial charge in [0, 0.05) is 5.39 Å². The van der Waals surface area contributed by atoms with E-state index in [9.17, 15) is 4.79 Å². The van der Waals surface area contributed by atoms with Crippen molar-refractivity contribution in [2.24, 2.45) is 0 Å². The number of hydrogen-bond acceptors (Lipinski definition) is 4. The lowest BCUT2D eigenvalue weighted by Gasteiger charge is -1.99. The Labute approximate surface area is 103 Å². The van der Waals surface area contributed by atoms with Gasteiger partial charge < -0.3 is 10.2 Å². The topological polar surface area (TPSA) is 74.0 Å². The van der Waals surface area contributed by atoms with Crippen LogP contribution < -0.4 is 5.73 Å². The molecule has 5 heteroatoms. The number of nitrogens with two attached hydrogens (primary N) is 1. The highest BCUT2D eigenvalue weighted by Crippen LogP contribution is 2.21. The number of hydrogen-bond donors (Lipinski definition) is 1. The van der Waals surface area contributed by atoms with Gasteiger partial charge in [0.05, 0.1) is 5.52 Å². The number of benzene rings is 1. The van der Waals surface area contributed by atoms with E-state index in [2.05, 4.69) is 5.10 Å². The van der Waals surface area contributed by atoms with Crippen molar-refractivity contribution in [3.8, 4) is 0 Å². The molecule has 0 saturated heterocycles. The number of carbonyl (C=O) groups is 1. The molecule has 0 radical (unpaired) electrons. The van der Waals surface area contributed by atoms with Crippen LogP contribution in [0.4, 0.5) is 5.82 Å². The Morgan fingerprint density at radius 2 is 2.06 bits per heavy atom. The van der Waals surface area contributed by atoms with Crippen molar-refractivity contribution < 1.29 is 9.21 Å². The van der Waals surface area contributed by atoms with E-state index >= 15 is 0 Å². The molecule has 3 rings (SSSR count). The number of aromatic nitrogens is 2. The van der Waals surface area contributed by atoms with E-state index < -0.39 is 0 Å². The van der Waals surface area contributed by atoms with Gasteiger partial charge >= 0.3 is 5.91 Å². The van der Waals surface area contributed by atoms with Gasteiger partial charge in [-0.15, -0.1) is 0 Å². The van der Waals surface area contributed by atoms with Crippen molar-refractivity contribution >= 4 is 22.6 Å². The molecule has 0 atom stereocenters. The van der Waals surface area contributed by atoms with Gasteiger partial charge in [-0.2, -0.15) is 9.78 Å². The standard InChI is InChI=1S/C13H11N3O2/c1-8-6-7-11(18-8)13(17)16-12(14)9-4-2-3-5-10(9)15-16/h2-7H,14H2,1H3. The van der Waals surface area contributed by atoms with Crippen LogP contribution in [0.3, 0.4) is 0 Å². The molecular weight excluding hydrogens is 230 g/mol. The Bertz CT molecular complexity index is 740. The molecule has 0 aliphatic carbocycles. The molecule has 2 aromatic heterocycles. The molecule has 1 aromatic carbocycles. The highest BCUT2D eigenvalue weighted by atomic mass is 16.3. The second-order valence-electron chi connectivity index (χ2n) is 4.03. The first-order chi connectivity index (χ1) is 8.66. The maximum Gasteiger partial charge on any atom is 0.315 e. The van der Waals surface area contributed by atoms with Crippen LogP contribution in [-0.4, -0.2) is 15.7 Å². The Kier molecular flexibility index (Phi) is 2.19. The van der Waals surface area contributed by atoms with Gasteiger partial charge in [0.15, 0.2) is 5.76 Å². The lowest BCUT2D eigenvalue weighted by molar-refractivity contribution is 0.0919. The van der Waals surface area contributed by atoms with Gasteiger partial charge in [0.2, 0.25) is 0 Å². The molecule has 0 fully saturated rings. The highest BCUT2D eigenvalue weighted by molar-refractivity contribution is 6.00. The third-order valence-corrected chi connectivity index (χ3v) is 2.76. The maximum absolute atomic E-state index is 12.2. The fourth-order valence-corrected chi connectivity index (χ4v) is 1.86. The number of rotatable bonds is 1. The molecule has 18 heavy (non-hydrogen) atoms. The largest absolute Gasteiger partial charge is 0.456 e. The third-order valence-electron chi connectivity index (χ3n) is 2.76. The molecular formula is C13H11N3O2. The van der Waals surface area contributed by atoms with Gasteiger partial charge in [-0.3, -0.25) is 4.79 Å². The molecule has 5 nitrogen and oxygen atoms in total. The summed E-state index contributed by atoms with van der Waals surface area (Å²) in [6.45, 7) is 1.78. The van der Waals surface area contributed by atoms with Crippen molar-refractivity contribution in [3.63, 3.8) is 0 Å². The fourth-order valence-electron chi connectivity index (χ4n) is 1.86. The Morgan fingerprint density at radius 3 is 2.72 bits per heavy atom. The fraction of sp³-hybridized carbons (Fsp3) is 0.0769. The minimum atomic E-state index is -0.364. The predicted molar refractivity (Wildman–Crippen MR) is 67.3 cm³/mol. The van der Waals surface area contributed by atoms with E-state index in [0.29, 0.717) is 17.1 Å². The summed E-state index contributed by atoms with van der Waals surface area (Å²) in [7, 11) is 0. The van der Waals surface area contributed by atoms with Crippen molar-refractivity contribution in [3.05, 3.63) is 47.9 Å². The van der Waals surface area contributed by atoms with Crippen molar-refractivity contribution in [2.45, 2.75) is 6.92 Å². The summed E-state index contributed by atoms with van der Waals surface area (Å²) in [6.07, 6.45) is 0. The van der Waals surface area contributed by atoms with E-state index in [4.69, 9.17) is 10.2 Å². The molecule has 2 N–H and O–H groups in total. The zero-order valence-corrected chi connectivity index (χ0v) is 9.75. The lowest BCUT2D eigenvalue weighted by Crippen LogP contribution is -2.15. The molecule has 0 aliphatic heterocycles. The normalized spacial score (nSPS) is 10.9. The number of anilines is 1. The third kappa shape index (κ3) is 1.48. The van der Waals surface area contributed by atoms with Crippen LogP contribution in [0.5, 0.6) is 0 Å². The van der Waals surface area contributed by atoms with Crippen molar-refractivity contribution in [1.82, 2.24) is 9.78 Å².